The van der Waals surface area contributed by atoms with Crippen LogP contribution >= 0.6 is 0 Å². The van der Waals surface area contributed by atoms with E-state index in [-0.39, 0.29) is 0 Å². The Morgan fingerprint density at radius 3 is 2.00 bits per heavy atom. The molecule has 2 rings (SSSR count). The topological polar surface area (TPSA) is 72.2 Å². The van der Waals surface area contributed by atoms with Gasteiger partial charge in [-0.1, -0.05) is 18.2 Å². The number of aryl methyl sites for hydroxylation is 2. The zero-order valence-corrected chi connectivity index (χ0v) is 13.5. The van der Waals surface area contributed by atoms with Crippen molar-refractivity contribution < 1.29 is 8.42 Å². The van der Waals surface area contributed by atoms with E-state index in [9.17, 15) is 8.42 Å². The summed E-state index contributed by atoms with van der Waals surface area (Å²) in [6, 6.07) is 8.83. The minimum absolute atomic E-state index is 0.336. The summed E-state index contributed by atoms with van der Waals surface area (Å²) in [6.45, 7) is 7.48. The minimum atomic E-state index is -3.67. The van der Waals surface area contributed by atoms with Crippen molar-refractivity contribution in [2.45, 2.75) is 32.6 Å². The van der Waals surface area contributed by atoms with Gasteiger partial charge in [-0.2, -0.15) is 0 Å². The van der Waals surface area contributed by atoms with Crippen LogP contribution in [0.2, 0.25) is 0 Å². The molecule has 0 unspecified atom stereocenters. The molecule has 0 radical (unpaired) electrons. The highest BCUT2D eigenvalue weighted by molar-refractivity contribution is 7.92. The van der Waals surface area contributed by atoms with Crippen LogP contribution in [0.3, 0.4) is 0 Å². The lowest BCUT2D eigenvalue weighted by molar-refractivity contribution is 0.599. The van der Waals surface area contributed by atoms with E-state index in [0.717, 1.165) is 22.3 Å². The monoisotopic (exact) mass is 304 g/mol. The van der Waals surface area contributed by atoms with Crippen LogP contribution < -0.4 is 10.5 Å². The summed E-state index contributed by atoms with van der Waals surface area (Å²) < 4.78 is 28.1. The maximum atomic E-state index is 12.7. The Morgan fingerprint density at radius 2 is 1.48 bits per heavy atom. The zero-order chi connectivity index (χ0) is 15.8. The van der Waals surface area contributed by atoms with Crippen molar-refractivity contribution in [1.82, 2.24) is 0 Å². The SMILES string of the molecule is Cc1cc(C)c(C)c(S(=O)(=O)Nc2ccccc2N)c1C. The van der Waals surface area contributed by atoms with Crippen molar-refractivity contribution in [1.29, 1.82) is 0 Å². The Morgan fingerprint density at radius 1 is 0.952 bits per heavy atom. The molecule has 0 fully saturated rings. The number of benzene rings is 2. The third-order valence-corrected chi connectivity index (χ3v) is 5.41. The number of hydrogen-bond donors (Lipinski definition) is 2. The maximum absolute atomic E-state index is 12.7. The highest BCUT2D eigenvalue weighted by Gasteiger charge is 2.22. The van der Waals surface area contributed by atoms with E-state index in [0.29, 0.717) is 16.3 Å². The zero-order valence-electron chi connectivity index (χ0n) is 12.7. The molecule has 5 heteroatoms. The summed E-state index contributed by atoms with van der Waals surface area (Å²) in [5, 5.41) is 0. The molecule has 0 aliphatic rings. The van der Waals surface area contributed by atoms with Gasteiger partial charge < -0.3 is 5.73 Å². The van der Waals surface area contributed by atoms with Gasteiger partial charge in [-0.3, -0.25) is 4.72 Å². The van der Waals surface area contributed by atoms with Crippen molar-refractivity contribution >= 4 is 21.4 Å². The Kier molecular flexibility index (Phi) is 3.96. The molecule has 0 bridgehead atoms. The van der Waals surface area contributed by atoms with Crippen LogP contribution in [0.25, 0.3) is 0 Å². The summed E-state index contributed by atoms with van der Waals surface area (Å²) in [5.41, 5.74) is 10.1. The molecule has 0 saturated heterocycles. The van der Waals surface area contributed by atoms with Crippen molar-refractivity contribution in [2.75, 3.05) is 10.5 Å². The predicted octanol–water partition coefficient (Wildman–Crippen LogP) is 3.30. The van der Waals surface area contributed by atoms with Gasteiger partial charge in [-0.15, -0.1) is 0 Å². The van der Waals surface area contributed by atoms with Gasteiger partial charge in [0.2, 0.25) is 0 Å². The largest absolute Gasteiger partial charge is 0.397 e. The van der Waals surface area contributed by atoms with Crippen LogP contribution in [0.15, 0.2) is 35.2 Å². The van der Waals surface area contributed by atoms with Gasteiger partial charge in [0.1, 0.15) is 0 Å². The first kappa shape index (κ1) is 15.4. The standard InChI is InChI=1S/C16H20N2O2S/c1-10-9-11(2)13(4)16(12(10)3)21(19,20)18-15-8-6-5-7-14(15)17/h5-9,18H,17H2,1-4H3. The number of anilines is 2. The summed E-state index contributed by atoms with van der Waals surface area (Å²) in [5.74, 6) is 0. The summed E-state index contributed by atoms with van der Waals surface area (Å²) in [7, 11) is -3.67. The highest BCUT2D eigenvalue weighted by Crippen LogP contribution is 2.29. The molecule has 0 amide bonds. The molecule has 0 aliphatic carbocycles. The maximum Gasteiger partial charge on any atom is 0.262 e. The third-order valence-electron chi connectivity index (χ3n) is 3.77. The molecular formula is C16H20N2O2S. The van der Waals surface area contributed by atoms with Crippen molar-refractivity contribution in [3.63, 3.8) is 0 Å². The molecular weight excluding hydrogens is 284 g/mol. The lowest BCUT2D eigenvalue weighted by Gasteiger charge is -2.17. The molecule has 0 aliphatic heterocycles. The molecule has 2 aromatic carbocycles. The van der Waals surface area contributed by atoms with E-state index in [1.807, 2.05) is 33.8 Å². The lowest BCUT2D eigenvalue weighted by atomic mass is 10.0. The molecule has 0 spiro atoms. The number of hydrogen-bond acceptors (Lipinski definition) is 3. The van der Waals surface area contributed by atoms with Gasteiger partial charge in [-0.25, -0.2) is 8.42 Å². The van der Waals surface area contributed by atoms with Crippen LogP contribution in [0.4, 0.5) is 11.4 Å². The predicted molar refractivity (Wildman–Crippen MR) is 87.1 cm³/mol. The second-order valence-corrected chi connectivity index (χ2v) is 6.90. The van der Waals surface area contributed by atoms with E-state index in [2.05, 4.69) is 4.72 Å². The normalized spacial score (nSPS) is 11.4. The molecule has 112 valence electrons. The molecule has 21 heavy (non-hydrogen) atoms. The Bertz CT molecular complexity index is 770. The second-order valence-electron chi connectivity index (χ2n) is 5.28. The quantitative estimate of drug-likeness (QED) is 0.855. The first-order valence-corrected chi connectivity index (χ1v) is 8.17. The first-order valence-electron chi connectivity index (χ1n) is 6.68. The van der Waals surface area contributed by atoms with E-state index >= 15 is 0 Å². The lowest BCUT2D eigenvalue weighted by Crippen LogP contribution is -2.17. The molecule has 2 aromatic rings. The molecule has 0 heterocycles. The number of nitrogens with one attached hydrogen (secondary N) is 1. The van der Waals surface area contributed by atoms with Crippen LogP contribution in [0, 0.1) is 27.7 Å². The minimum Gasteiger partial charge on any atom is -0.397 e. The number of rotatable bonds is 3. The van der Waals surface area contributed by atoms with Crippen LogP contribution in [-0.4, -0.2) is 8.42 Å². The smallest absolute Gasteiger partial charge is 0.262 e. The summed E-state index contributed by atoms with van der Waals surface area (Å²) in [6.07, 6.45) is 0. The third kappa shape index (κ3) is 2.88. The van der Waals surface area contributed by atoms with Gasteiger partial charge in [0.15, 0.2) is 0 Å². The Hall–Kier alpha value is -2.01. The number of para-hydroxylation sites is 2. The second kappa shape index (κ2) is 5.41. The van der Waals surface area contributed by atoms with Crippen molar-refractivity contribution in [3.8, 4) is 0 Å². The van der Waals surface area contributed by atoms with Crippen LogP contribution in [0.1, 0.15) is 22.3 Å². The molecule has 0 aromatic heterocycles. The van der Waals surface area contributed by atoms with Crippen LogP contribution in [0.5, 0.6) is 0 Å². The molecule has 3 N–H and O–H groups in total. The number of nitrogen functional groups attached to an aromatic ring is 1. The van der Waals surface area contributed by atoms with E-state index < -0.39 is 10.0 Å². The number of sulfonamides is 1. The van der Waals surface area contributed by atoms with E-state index in [4.69, 9.17) is 5.73 Å². The molecule has 0 saturated carbocycles. The summed E-state index contributed by atoms with van der Waals surface area (Å²) in [4.78, 5) is 0.336. The fourth-order valence-electron chi connectivity index (χ4n) is 2.37. The van der Waals surface area contributed by atoms with Gasteiger partial charge >= 0.3 is 0 Å². The molecule has 4 nitrogen and oxygen atoms in total. The first-order chi connectivity index (χ1) is 9.74. The van der Waals surface area contributed by atoms with Gasteiger partial charge in [0.25, 0.3) is 10.0 Å². The van der Waals surface area contributed by atoms with E-state index in [1.54, 1.807) is 24.3 Å². The van der Waals surface area contributed by atoms with Crippen LogP contribution in [-0.2, 0) is 10.0 Å². The average molecular weight is 304 g/mol. The number of nitrogens with two attached hydrogens (primary N) is 1. The van der Waals surface area contributed by atoms with E-state index in [1.165, 1.54) is 0 Å². The van der Waals surface area contributed by atoms with Crippen molar-refractivity contribution in [3.05, 3.63) is 52.6 Å². The molecule has 0 atom stereocenters. The fourth-order valence-corrected chi connectivity index (χ4v) is 4.08. The van der Waals surface area contributed by atoms with Gasteiger partial charge in [0.05, 0.1) is 16.3 Å². The fraction of sp³-hybridized carbons (Fsp3) is 0.250. The Labute approximate surface area is 126 Å². The average Bonchev–Trinajstić information content (AvgIpc) is 2.39. The Balaban J connectivity index is 2.58. The van der Waals surface area contributed by atoms with Gasteiger partial charge in [0, 0.05) is 0 Å². The van der Waals surface area contributed by atoms with Crippen molar-refractivity contribution in [2.24, 2.45) is 0 Å². The summed E-state index contributed by atoms with van der Waals surface area (Å²) >= 11 is 0. The van der Waals surface area contributed by atoms with Gasteiger partial charge in [-0.05, 0) is 62.1 Å². The highest BCUT2D eigenvalue weighted by atomic mass is 32.2.